The van der Waals surface area contributed by atoms with E-state index < -0.39 is 0 Å². The Morgan fingerprint density at radius 1 is 1.35 bits per heavy atom. The molecule has 1 N–H and O–H groups in total. The molecule has 1 aromatic heterocycles. The number of hydrogen-bond acceptors (Lipinski definition) is 4. The molecule has 2 aliphatic rings. The highest BCUT2D eigenvalue weighted by Crippen LogP contribution is 2.26. The molecule has 3 rings (SSSR count). The molecule has 17 heavy (non-hydrogen) atoms. The van der Waals surface area contributed by atoms with Crippen molar-refractivity contribution in [2.75, 3.05) is 13.1 Å². The second kappa shape index (κ2) is 3.96. The van der Waals surface area contributed by atoms with Crippen LogP contribution in [0.3, 0.4) is 0 Å². The van der Waals surface area contributed by atoms with E-state index in [0.29, 0.717) is 13.1 Å². The minimum atomic E-state index is -0.302. The summed E-state index contributed by atoms with van der Waals surface area (Å²) in [6.45, 7) is 1.24. The summed E-state index contributed by atoms with van der Waals surface area (Å²) in [6.07, 6.45) is 2.38. The van der Waals surface area contributed by atoms with Crippen LogP contribution < -0.4 is 5.56 Å². The Labute approximate surface area is 97.6 Å². The van der Waals surface area contributed by atoms with Gasteiger partial charge in [-0.15, -0.1) is 0 Å². The molecule has 0 aromatic carbocycles. The number of nitrogens with one attached hydrogen (secondary N) is 1. The van der Waals surface area contributed by atoms with Crippen molar-refractivity contribution in [1.29, 1.82) is 0 Å². The van der Waals surface area contributed by atoms with Crippen molar-refractivity contribution in [3.63, 3.8) is 0 Å². The van der Waals surface area contributed by atoms with Gasteiger partial charge in [0.1, 0.15) is 5.69 Å². The van der Waals surface area contributed by atoms with Gasteiger partial charge in [0.25, 0.3) is 11.5 Å². The first-order chi connectivity index (χ1) is 8.22. The molecule has 3 heterocycles. The van der Waals surface area contributed by atoms with Gasteiger partial charge in [0.2, 0.25) is 0 Å². The monoisotopic (exact) mass is 235 g/mol. The van der Waals surface area contributed by atoms with E-state index in [2.05, 4.69) is 10.2 Å². The van der Waals surface area contributed by atoms with Crippen molar-refractivity contribution in [3.05, 3.63) is 28.2 Å². The maximum absolute atomic E-state index is 12.1. The van der Waals surface area contributed by atoms with E-state index in [-0.39, 0.29) is 29.4 Å². The number of morpholine rings is 1. The third kappa shape index (κ3) is 1.95. The van der Waals surface area contributed by atoms with Crippen molar-refractivity contribution < 1.29 is 9.53 Å². The van der Waals surface area contributed by atoms with Gasteiger partial charge in [-0.25, -0.2) is 5.10 Å². The minimum Gasteiger partial charge on any atom is -0.371 e. The molecule has 90 valence electrons. The number of amides is 1. The van der Waals surface area contributed by atoms with Crippen LogP contribution in [-0.2, 0) is 4.74 Å². The number of ether oxygens (including phenoxy) is 1. The lowest BCUT2D eigenvalue weighted by molar-refractivity contribution is -0.0305. The van der Waals surface area contributed by atoms with Crippen LogP contribution in [0.15, 0.2) is 16.9 Å². The van der Waals surface area contributed by atoms with Gasteiger partial charge in [-0.1, -0.05) is 0 Å². The molecular formula is C11H13N3O3. The lowest BCUT2D eigenvalue weighted by atomic mass is 10.2. The standard InChI is InChI=1S/C11H13N3O3/c15-10-4-3-9(12-13-10)11(16)14-5-7-1-2-8(6-14)17-7/h3-4,7-8H,1-2,5-6H2,(H,13,15). The van der Waals surface area contributed by atoms with E-state index in [9.17, 15) is 9.59 Å². The highest BCUT2D eigenvalue weighted by molar-refractivity contribution is 5.92. The molecule has 2 atom stereocenters. The third-order valence-corrected chi connectivity index (χ3v) is 3.23. The first-order valence-electron chi connectivity index (χ1n) is 5.73. The fraction of sp³-hybridized carbons (Fsp3) is 0.545. The second-order valence-corrected chi connectivity index (χ2v) is 4.47. The molecule has 0 radical (unpaired) electrons. The van der Waals surface area contributed by atoms with Gasteiger partial charge in [0, 0.05) is 19.2 Å². The zero-order chi connectivity index (χ0) is 11.8. The van der Waals surface area contributed by atoms with Gasteiger partial charge < -0.3 is 9.64 Å². The minimum absolute atomic E-state index is 0.138. The molecule has 2 fully saturated rings. The summed E-state index contributed by atoms with van der Waals surface area (Å²) in [5.74, 6) is -0.138. The fourth-order valence-electron chi connectivity index (χ4n) is 2.41. The summed E-state index contributed by atoms with van der Waals surface area (Å²) in [5, 5.41) is 6.03. The Hall–Kier alpha value is -1.69. The van der Waals surface area contributed by atoms with Crippen LogP contribution in [-0.4, -0.2) is 46.3 Å². The molecule has 1 amide bonds. The average Bonchev–Trinajstić information content (AvgIpc) is 2.68. The molecule has 0 aliphatic carbocycles. The van der Waals surface area contributed by atoms with Gasteiger partial charge >= 0.3 is 0 Å². The number of hydrogen-bond donors (Lipinski definition) is 1. The molecule has 2 unspecified atom stereocenters. The average molecular weight is 235 g/mol. The first-order valence-corrected chi connectivity index (χ1v) is 5.73. The highest BCUT2D eigenvalue weighted by Gasteiger charge is 2.36. The van der Waals surface area contributed by atoms with Crippen molar-refractivity contribution in [2.24, 2.45) is 0 Å². The molecule has 6 nitrogen and oxygen atoms in total. The van der Waals surface area contributed by atoms with Crippen molar-refractivity contribution >= 4 is 5.91 Å². The van der Waals surface area contributed by atoms with Crippen LogP contribution in [0.25, 0.3) is 0 Å². The Morgan fingerprint density at radius 2 is 2.06 bits per heavy atom. The van der Waals surface area contributed by atoms with Crippen molar-refractivity contribution in [3.8, 4) is 0 Å². The predicted octanol–water partition coefficient (Wildman–Crippen LogP) is -0.227. The summed E-state index contributed by atoms with van der Waals surface area (Å²) in [4.78, 5) is 24.7. The van der Waals surface area contributed by atoms with E-state index in [1.807, 2.05) is 0 Å². The normalized spacial score (nSPS) is 27.2. The van der Waals surface area contributed by atoms with E-state index in [4.69, 9.17) is 4.74 Å². The van der Waals surface area contributed by atoms with Crippen LogP contribution in [0.4, 0.5) is 0 Å². The Bertz CT molecular complexity index is 466. The molecule has 1 aromatic rings. The van der Waals surface area contributed by atoms with Gasteiger partial charge in [0.05, 0.1) is 12.2 Å². The van der Waals surface area contributed by atoms with E-state index >= 15 is 0 Å². The Kier molecular flexibility index (Phi) is 2.44. The quantitative estimate of drug-likeness (QED) is 0.729. The molecular weight excluding hydrogens is 222 g/mol. The number of H-pyrrole nitrogens is 1. The second-order valence-electron chi connectivity index (χ2n) is 4.47. The molecule has 2 aliphatic heterocycles. The van der Waals surface area contributed by atoms with Crippen molar-refractivity contribution in [1.82, 2.24) is 15.1 Å². The Morgan fingerprint density at radius 3 is 2.65 bits per heavy atom. The Balaban J connectivity index is 1.78. The zero-order valence-corrected chi connectivity index (χ0v) is 9.26. The molecule has 2 bridgehead atoms. The van der Waals surface area contributed by atoms with Gasteiger partial charge in [-0.3, -0.25) is 9.59 Å². The van der Waals surface area contributed by atoms with E-state index in [1.54, 1.807) is 4.90 Å². The first kappa shape index (κ1) is 10.5. The summed E-state index contributed by atoms with van der Waals surface area (Å²) < 4.78 is 5.66. The number of aromatic amines is 1. The fourth-order valence-corrected chi connectivity index (χ4v) is 2.41. The summed E-state index contributed by atoms with van der Waals surface area (Å²) in [7, 11) is 0. The maximum Gasteiger partial charge on any atom is 0.274 e. The summed E-state index contributed by atoms with van der Waals surface area (Å²) in [6, 6.07) is 2.77. The topological polar surface area (TPSA) is 75.3 Å². The van der Waals surface area contributed by atoms with Crippen LogP contribution in [0, 0.1) is 0 Å². The zero-order valence-electron chi connectivity index (χ0n) is 9.26. The number of carbonyl (C=O) groups is 1. The molecule has 6 heteroatoms. The van der Waals surface area contributed by atoms with Crippen molar-refractivity contribution in [2.45, 2.75) is 25.0 Å². The van der Waals surface area contributed by atoms with Gasteiger partial charge in [-0.05, 0) is 18.9 Å². The van der Waals surface area contributed by atoms with Crippen LogP contribution >= 0.6 is 0 Å². The lowest BCUT2D eigenvalue weighted by Crippen LogP contribution is -2.46. The maximum atomic E-state index is 12.1. The number of carbonyl (C=O) groups excluding carboxylic acids is 1. The number of aromatic nitrogens is 2. The lowest BCUT2D eigenvalue weighted by Gasteiger charge is -2.31. The van der Waals surface area contributed by atoms with Crippen LogP contribution in [0.5, 0.6) is 0 Å². The third-order valence-electron chi connectivity index (χ3n) is 3.23. The number of likely N-dealkylation sites (tertiary alicyclic amines) is 1. The molecule has 0 spiro atoms. The highest BCUT2D eigenvalue weighted by atomic mass is 16.5. The van der Waals surface area contributed by atoms with Crippen LogP contribution in [0.1, 0.15) is 23.3 Å². The van der Waals surface area contributed by atoms with E-state index in [0.717, 1.165) is 12.8 Å². The van der Waals surface area contributed by atoms with Gasteiger partial charge in [0.15, 0.2) is 0 Å². The van der Waals surface area contributed by atoms with E-state index in [1.165, 1.54) is 12.1 Å². The summed E-state index contributed by atoms with van der Waals surface area (Å²) >= 11 is 0. The smallest absolute Gasteiger partial charge is 0.274 e. The molecule has 2 saturated heterocycles. The number of rotatable bonds is 1. The number of nitrogens with zero attached hydrogens (tertiary/aromatic N) is 2. The predicted molar refractivity (Wildman–Crippen MR) is 58.7 cm³/mol. The van der Waals surface area contributed by atoms with Gasteiger partial charge in [-0.2, -0.15) is 5.10 Å². The largest absolute Gasteiger partial charge is 0.371 e. The van der Waals surface area contributed by atoms with Crippen LogP contribution in [0.2, 0.25) is 0 Å². The molecule has 0 saturated carbocycles. The SMILES string of the molecule is O=C(c1ccc(=O)[nH]n1)N1CC2CCC(C1)O2. The number of fused-ring (bicyclic) bond motifs is 2. The summed E-state index contributed by atoms with van der Waals surface area (Å²) in [5.41, 5.74) is -0.0190.